The average molecular weight is 451 g/mol. The molecular formula is C21H17N5O5S. The van der Waals surface area contributed by atoms with Gasteiger partial charge in [-0.25, -0.2) is 4.68 Å². The second-order valence-electron chi connectivity index (χ2n) is 6.85. The van der Waals surface area contributed by atoms with Crippen LogP contribution in [0.4, 0.5) is 4.79 Å². The van der Waals surface area contributed by atoms with Gasteiger partial charge in [-0.15, -0.1) is 0 Å². The van der Waals surface area contributed by atoms with E-state index in [1.165, 1.54) is 12.1 Å². The Kier molecular flexibility index (Phi) is 5.99. The molecule has 0 spiro atoms. The van der Waals surface area contributed by atoms with Crippen LogP contribution in [0.1, 0.15) is 5.56 Å². The second-order valence-corrected chi connectivity index (χ2v) is 7.84. The summed E-state index contributed by atoms with van der Waals surface area (Å²) in [5, 5.41) is 4.95. The zero-order valence-corrected chi connectivity index (χ0v) is 17.4. The van der Waals surface area contributed by atoms with Crippen LogP contribution in [0.3, 0.4) is 0 Å². The number of thioether (sulfide) groups is 1. The minimum absolute atomic E-state index is 0.00358. The Bertz CT molecular complexity index is 1360. The summed E-state index contributed by atoms with van der Waals surface area (Å²) in [6.45, 7) is -0.421. The van der Waals surface area contributed by atoms with Gasteiger partial charge in [-0.1, -0.05) is 18.2 Å². The lowest BCUT2D eigenvalue weighted by Crippen LogP contribution is -2.40. The Hall–Kier alpha value is -3.99. The molecule has 1 fully saturated rings. The van der Waals surface area contributed by atoms with Gasteiger partial charge >= 0.3 is 0 Å². The van der Waals surface area contributed by atoms with Crippen LogP contribution < -0.4 is 16.4 Å². The summed E-state index contributed by atoms with van der Waals surface area (Å²) in [5.41, 5.74) is -0.283. The number of hydrogen-bond acceptors (Lipinski definition) is 7. The second kappa shape index (κ2) is 9.02. The standard InChI is InChI=1S/C21H17N5O5S/c27-17(12-26-19(29)15-6-2-1-5-14(15)18(28)24-26)23-8-9-25-20(30)16(32-21(25)31)10-13-4-3-7-22-11-13/h1-7,10-11H,8-9,12H2,(H,23,27)(H,24,28)/b16-10-. The smallest absolute Gasteiger partial charge is 0.293 e. The topological polar surface area (TPSA) is 134 Å². The summed E-state index contributed by atoms with van der Waals surface area (Å²) < 4.78 is 0.927. The third kappa shape index (κ3) is 4.37. The molecule has 2 N–H and O–H groups in total. The van der Waals surface area contributed by atoms with E-state index in [0.717, 1.165) is 21.3 Å². The van der Waals surface area contributed by atoms with E-state index in [1.54, 1.807) is 42.7 Å². The number of pyridine rings is 1. The van der Waals surface area contributed by atoms with Crippen molar-refractivity contribution in [2.24, 2.45) is 0 Å². The highest BCUT2D eigenvalue weighted by atomic mass is 32.2. The Morgan fingerprint density at radius 3 is 2.62 bits per heavy atom. The van der Waals surface area contributed by atoms with E-state index in [-0.39, 0.29) is 28.8 Å². The first-order chi connectivity index (χ1) is 15.4. The highest BCUT2D eigenvalue weighted by Crippen LogP contribution is 2.31. The molecule has 11 heteroatoms. The third-order valence-corrected chi connectivity index (χ3v) is 5.61. The number of carbonyl (C=O) groups excluding carboxylic acids is 3. The van der Waals surface area contributed by atoms with Crippen LogP contribution in [0.25, 0.3) is 16.8 Å². The fraction of sp³-hybridized carbons (Fsp3) is 0.143. The number of hydrogen-bond donors (Lipinski definition) is 2. The van der Waals surface area contributed by atoms with E-state index in [0.29, 0.717) is 5.56 Å². The number of H-pyrrole nitrogens is 1. The fourth-order valence-corrected chi connectivity index (χ4v) is 4.04. The van der Waals surface area contributed by atoms with Gasteiger partial charge in [0, 0.05) is 25.5 Å². The average Bonchev–Trinajstić information content (AvgIpc) is 3.05. The van der Waals surface area contributed by atoms with Gasteiger partial charge in [0.05, 0.1) is 15.7 Å². The molecule has 1 aromatic carbocycles. The molecule has 0 saturated carbocycles. The SMILES string of the molecule is O=C(Cn1[nH]c(=O)c2ccccc2c1=O)NCCN1C(=O)S/C(=C\c2cccnc2)C1=O. The number of rotatable bonds is 6. The number of benzene rings is 1. The molecule has 32 heavy (non-hydrogen) atoms. The van der Waals surface area contributed by atoms with E-state index in [9.17, 15) is 24.0 Å². The normalized spacial score (nSPS) is 15.0. The molecule has 3 heterocycles. The minimum atomic E-state index is -0.545. The molecule has 0 aliphatic carbocycles. The predicted molar refractivity (Wildman–Crippen MR) is 119 cm³/mol. The first kappa shape index (κ1) is 21.2. The Morgan fingerprint density at radius 2 is 1.88 bits per heavy atom. The van der Waals surface area contributed by atoms with E-state index in [4.69, 9.17) is 0 Å². The number of amides is 3. The maximum absolute atomic E-state index is 12.5. The molecule has 3 amide bonds. The molecular weight excluding hydrogens is 434 g/mol. The molecule has 3 aromatic rings. The Balaban J connectivity index is 1.37. The van der Waals surface area contributed by atoms with Crippen molar-refractivity contribution in [1.82, 2.24) is 25.0 Å². The fourth-order valence-electron chi connectivity index (χ4n) is 3.17. The van der Waals surface area contributed by atoms with Gasteiger partial charge in [0.2, 0.25) is 5.91 Å². The number of nitrogens with zero attached hydrogens (tertiary/aromatic N) is 3. The summed E-state index contributed by atoms with van der Waals surface area (Å²) in [7, 11) is 0. The molecule has 0 bridgehead atoms. The quantitative estimate of drug-likeness (QED) is 0.533. The summed E-state index contributed by atoms with van der Waals surface area (Å²) in [5.74, 6) is -0.996. The highest BCUT2D eigenvalue weighted by Gasteiger charge is 2.34. The van der Waals surface area contributed by atoms with Crippen LogP contribution in [0.2, 0.25) is 0 Å². The van der Waals surface area contributed by atoms with E-state index in [2.05, 4.69) is 15.4 Å². The Morgan fingerprint density at radius 1 is 1.09 bits per heavy atom. The zero-order valence-electron chi connectivity index (χ0n) is 16.6. The van der Waals surface area contributed by atoms with Crippen LogP contribution in [-0.4, -0.2) is 49.8 Å². The highest BCUT2D eigenvalue weighted by molar-refractivity contribution is 8.18. The molecule has 0 unspecified atom stereocenters. The van der Waals surface area contributed by atoms with Crippen molar-refractivity contribution in [2.75, 3.05) is 13.1 Å². The number of nitrogens with one attached hydrogen (secondary N) is 2. The van der Waals surface area contributed by atoms with Gasteiger partial charge in [-0.3, -0.25) is 39.0 Å². The summed E-state index contributed by atoms with van der Waals surface area (Å²) in [6.07, 6.45) is 4.76. The van der Waals surface area contributed by atoms with Crippen molar-refractivity contribution < 1.29 is 14.4 Å². The minimum Gasteiger partial charge on any atom is -0.353 e. The first-order valence-electron chi connectivity index (χ1n) is 9.58. The lowest BCUT2D eigenvalue weighted by atomic mass is 10.2. The number of carbonyl (C=O) groups is 3. The van der Waals surface area contributed by atoms with Gasteiger partial charge in [0.15, 0.2) is 0 Å². The van der Waals surface area contributed by atoms with Crippen molar-refractivity contribution in [2.45, 2.75) is 6.54 Å². The van der Waals surface area contributed by atoms with Crippen LogP contribution in [0.15, 0.2) is 63.3 Å². The zero-order chi connectivity index (χ0) is 22.7. The maximum Gasteiger partial charge on any atom is 0.293 e. The summed E-state index contributed by atoms with van der Waals surface area (Å²) >= 11 is 0.816. The van der Waals surface area contributed by atoms with E-state index < -0.39 is 34.7 Å². The predicted octanol–water partition coefficient (Wildman–Crippen LogP) is 0.937. The molecule has 1 aliphatic heterocycles. The molecule has 0 atom stereocenters. The van der Waals surface area contributed by atoms with Gasteiger partial charge < -0.3 is 5.32 Å². The van der Waals surface area contributed by atoms with E-state index in [1.807, 2.05) is 0 Å². The first-order valence-corrected chi connectivity index (χ1v) is 10.4. The number of aromatic amines is 1. The van der Waals surface area contributed by atoms with Crippen molar-refractivity contribution in [3.05, 3.63) is 80.0 Å². The van der Waals surface area contributed by atoms with Crippen molar-refractivity contribution >= 4 is 45.7 Å². The lowest BCUT2D eigenvalue weighted by molar-refractivity contribution is -0.124. The van der Waals surface area contributed by atoms with Gasteiger partial charge in [-0.05, 0) is 41.6 Å². The molecule has 4 rings (SSSR count). The van der Waals surface area contributed by atoms with Crippen molar-refractivity contribution in [3.63, 3.8) is 0 Å². The number of imide groups is 1. The van der Waals surface area contributed by atoms with Crippen LogP contribution >= 0.6 is 11.8 Å². The number of aromatic nitrogens is 3. The molecule has 10 nitrogen and oxygen atoms in total. The van der Waals surface area contributed by atoms with Crippen LogP contribution in [0, 0.1) is 0 Å². The van der Waals surface area contributed by atoms with Gasteiger partial charge in [0.25, 0.3) is 22.3 Å². The van der Waals surface area contributed by atoms with Crippen LogP contribution in [0.5, 0.6) is 0 Å². The molecule has 1 saturated heterocycles. The molecule has 162 valence electrons. The number of fused-ring (bicyclic) bond motifs is 1. The largest absolute Gasteiger partial charge is 0.353 e. The summed E-state index contributed by atoms with van der Waals surface area (Å²) in [4.78, 5) is 66.8. The summed E-state index contributed by atoms with van der Waals surface area (Å²) in [6, 6.07) is 9.80. The van der Waals surface area contributed by atoms with Gasteiger partial charge in [0.1, 0.15) is 6.54 Å². The van der Waals surface area contributed by atoms with Crippen LogP contribution in [-0.2, 0) is 16.1 Å². The Labute approximate surface area is 184 Å². The maximum atomic E-state index is 12.5. The molecule has 1 aliphatic rings. The van der Waals surface area contributed by atoms with Crippen molar-refractivity contribution in [1.29, 1.82) is 0 Å². The van der Waals surface area contributed by atoms with Gasteiger partial charge in [-0.2, -0.15) is 0 Å². The molecule has 0 radical (unpaired) electrons. The van der Waals surface area contributed by atoms with Crippen molar-refractivity contribution in [3.8, 4) is 0 Å². The monoisotopic (exact) mass is 451 g/mol. The van der Waals surface area contributed by atoms with E-state index >= 15 is 0 Å². The third-order valence-electron chi connectivity index (χ3n) is 4.70. The molecule has 2 aromatic heterocycles. The lowest BCUT2D eigenvalue weighted by Gasteiger charge is -2.13.